The average Bonchev–Trinajstić information content (AvgIpc) is 2.93. The Kier molecular flexibility index (Phi) is 5.13. The Balaban J connectivity index is 1.53. The van der Waals surface area contributed by atoms with Crippen LogP contribution in [0.3, 0.4) is 0 Å². The summed E-state index contributed by atoms with van der Waals surface area (Å²) < 4.78 is 0. The van der Waals surface area contributed by atoms with Crippen LogP contribution in [0.1, 0.15) is 0 Å². The smallest absolute Gasteiger partial charge is 0.160 e. The summed E-state index contributed by atoms with van der Waals surface area (Å²) in [4.78, 5) is 14.5. The Hall–Kier alpha value is -4.63. The van der Waals surface area contributed by atoms with Gasteiger partial charge in [-0.2, -0.15) is 0 Å². The Morgan fingerprint density at radius 1 is 0.441 bits per heavy atom. The van der Waals surface area contributed by atoms with Crippen molar-refractivity contribution in [2.75, 3.05) is 0 Å². The Morgan fingerprint density at radius 3 is 1.88 bits per heavy atom. The zero-order valence-corrected chi connectivity index (χ0v) is 18.5. The van der Waals surface area contributed by atoms with Crippen molar-refractivity contribution in [3.8, 4) is 45.0 Å². The van der Waals surface area contributed by atoms with E-state index in [-0.39, 0.29) is 0 Å². The number of rotatable bonds is 4. The highest BCUT2D eigenvalue weighted by Crippen LogP contribution is 2.33. The predicted molar refractivity (Wildman–Crippen MR) is 139 cm³/mol. The topological polar surface area (TPSA) is 38.7 Å². The fourth-order valence-corrected chi connectivity index (χ4v) is 4.23. The molecule has 0 spiro atoms. The standard InChI is InChI=1S/C31H21N3/c1-3-10-22(11-4-1)30-27-18-17-25(21-29(27)33-31(34-30)23-12-5-2-6-13-23)24-14-9-15-26(20-24)28-16-7-8-19-32-28/h1-21H. The highest BCUT2D eigenvalue weighted by molar-refractivity contribution is 5.96. The molecule has 2 aromatic heterocycles. The molecular weight excluding hydrogens is 414 g/mol. The molecule has 3 heteroatoms. The van der Waals surface area contributed by atoms with Crippen LogP contribution in [0.25, 0.3) is 55.9 Å². The summed E-state index contributed by atoms with van der Waals surface area (Å²) in [6, 6.07) is 41.4. The maximum atomic E-state index is 4.98. The first-order valence-electron chi connectivity index (χ1n) is 11.3. The van der Waals surface area contributed by atoms with Gasteiger partial charge in [0, 0.05) is 28.3 Å². The van der Waals surface area contributed by atoms with Crippen molar-refractivity contribution < 1.29 is 0 Å². The lowest BCUT2D eigenvalue weighted by molar-refractivity contribution is 1.23. The molecule has 34 heavy (non-hydrogen) atoms. The molecule has 2 heterocycles. The Morgan fingerprint density at radius 2 is 1.12 bits per heavy atom. The van der Waals surface area contributed by atoms with E-state index >= 15 is 0 Å². The first-order chi connectivity index (χ1) is 16.8. The number of hydrogen-bond donors (Lipinski definition) is 0. The van der Waals surface area contributed by atoms with Crippen molar-refractivity contribution in [2.45, 2.75) is 0 Å². The minimum Gasteiger partial charge on any atom is -0.256 e. The molecule has 160 valence electrons. The Labute approximate surface area is 198 Å². The molecule has 0 N–H and O–H groups in total. The van der Waals surface area contributed by atoms with E-state index in [1.165, 1.54) is 0 Å². The molecule has 0 aliphatic carbocycles. The highest BCUT2D eigenvalue weighted by Gasteiger charge is 2.13. The lowest BCUT2D eigenvalue weighted by atomic mass is 9.98. The molecule has 0 aliphatic heterocycles. The van der Waals surface area contributed by atoms with E-state index in [0.717, 1.165) is 55.9 Å². The minimum atomic E-state index is 0.728. The normalized spacial score (nSPS) is 10.9. The lowest BCUT2D eigenvalue weighted by Gasteiger charge is -2.11. The summed E-state index contributed by atoms with van der Waals surface area (Å²) >= 11 is 0. The molecule has 0 atom stereocenters. The van der Waals surface area contributed by atoms with Crippen LogP contribution in [0, 0.1) is 0 Å². The van der Waals surface area contributed by atoms with Gasteiger partial charge in [0.2, 0.25) is 0 Å². The van der Waals surface area contributed by atoms with Gasteiger partial charge in [-0.15, -0.1) is 0 Å². The molecule has 0 saturated carbocycles. The van der Waals surface area contributed by atoms with E-state index in [2.05, 4.69) is 71.7 Å². The fraction of sp³-hybridized carbons (Fsp3) is 0. The van der Waals surface area contributed by atoms with Gasteiger partial charge in [0.15, 0.2) is 5.82 Å². The molecule has 0 unspecified atom stereocenters. The molecule has 0 saturated heterocycles. The van der Waals surface area contributed by atoms with Crippen molar-refractivity contribution in [2.24, 2.45) is 0 Å². The van der Waals surface area contributed by atoms with Crippen molar-refractivity contribution in [1.29, 1.82) is 0 Å². The SMILES string of the molecule is c1ccc(-c2nc(-c3ccccc3)c3ccc(-c4cccc(-c5ccccn5)c4)cc3n2)cc1. The van der Waals surface area contributed by atoms with Crippen LogP contribution in [-0.4, -0.2) is 15.0 Å². The molecule has 0 aliphatic rings. The third-order valence-electron chi connectivity index (χ3n) is 5.93. The van der Waals surface area contributed by atoms with E-state index < -0.39 is 0 Å². The van der Waals surface area contributed by atoms with Gasteiger partial charge in [0.1, 0.15) is 0 Å². The van der Waals surface area contributed by atoms with Gasteiger partial charge in [0.05, 0.1) is 16.9 Å². The van der Waals surface area contributed by atoms with Crippen LogP contribution in [-0.2, 0) is 0 Å². The maximum Gasteiger partial charge on any atom is 0.160 e. The van der Waals surface area contributed by atoms with Crippen molar-refractivity contribution >= 4 is 10.9 Å². The number of benzene rings is 4. The quantitative estimate of drug-likeness (QED) is 0.285. The highest BCUT2D eigenvalue weighted by atomic mass is 14.9. The monoisotopic (exact) mass is 435 g/mol. The number of hydrogen-bond acceptors (Lipinski definition) is 3. The predicted octanol–water partition coefficient (Wildman–Crippen LogP) is 7.69. The van der Waals surface area contributed by atoms with Crippen LogP contribution in [0.2, 0.25) is 0 Å². The molecule has 0 fully saturated rings. The van der Waals surface area contributed by atoms with Gasteiger partial charge in [-0.3, -0.25) is 4.98 Å². The molecule has 4 aromatic carbocycles. The van der Waals surface area contributed by atoms with Gasteiger partial charge >= 0.3 is 0 Å². The summed E-state index contributed by atoms with van der Waals surface area (Å²) in [7, 11) is 0. The second-order valence-electron chi connectivity index (χ2n) is 8.16. The first-order valence-corrected chi connectivity index (χ1v) is 11.3. The Bertz CT molecular complexity index is 1580. The van der Waals surface area contributed by atoms with Crippen LogP contribution >= 0.6 is 0 Å². The molecule has 0 amide bonds. The largest absolute Gasteiger partial charge is 0.256 e. The molecule has 6 rings (SSSR count). The first kappa shape index (κ1) is 20.0. The zero-order chi connectivity index (χ0) is 22.7. The van der Waals surface area contributed by atoms with E-state index in [9.17, 15) is 0 Å². The molecule has 0 radical (unpaired) electrons. The molecule has 3 nitrogen and oxygen atoms in total. The van der Waals surface area contributed by atoms with Crippen molar-refractivity contribution in [1.82, 2.24) is 15.0 Å². The van der Waals surface area contributed by atoms with Crippen molar-refractivity contribution in [3.05, 3.63) is 128 Å². The van der Waals surface area contributed by atoms with Crippen LogP contribution in [0.4, 0.5) is 0 Å². The molecule has 0 bridgehead atoms. The lowest BCUT2D eigenvalue weighted by Crippen LogP contribution is -1.95. The maximum absolute atomic E-state index is 4.98. The van der Waals surface area contributed by atoms with Gasteiger partial charge in [0.25, 0.3) is 0 Å². The van der Waals surface area contributed by atoms with Crippen LogP contribution in [0.5, 0.6) is 0 Å². The van der Waals surface area contributed by atoms with E-state index in [0.29, 0.717) is 0 Å². The fourth-order valence-electron chi connectivity index (χ4n) is 4.23. The summed E-state index contributed by atoms with van der Waals surface area (Å²) in [5, 5.41) is 1.04. The zero-order valence-electron chi connectivity index (χ0n) is 18.5. The van der Waals surface area contributed by atoms with Gasteiger partial charge in [-0.25, -0.2) is 9.97 Å². The van der Waals surface area contributed by atoms with Gasteiger partial charge < -0.3 is 0 Å². The minimum absolute atomic E-state index is 0.728. The van der Waals surface area contributed by atoms with E-state index in [4.69, 9.17) is 9.97 Å². The van der Waals surface area contributed by atoms with E-state index in [1.54, 1.807) is 0 Å². The third-order valence-corrected chi connectivity index (χ3v) is 5.93. The van der Waals surface area contributed by atoms with Gasteiger partial charge in [-0.1, -0.05) is 91.0 Å². The average molecular weight is 436 g/mol. The number of pyridine rings is 1. The van der Waals surface area contributed by atoms with Crippen LogP contribution < -0.4 is 0 Å². The molecule has 6 aromatic rings. The van der Waals surface area contributed by atoms with Crippen molar-refractivity contribution in [3.63, 3.8) is 0 Å². The second kappa shape index (κ2) is 8.72. The summed E-state index contributed by atoms with van der Waals surface area (Å²) in [5.74, 6) is 0.728. The second-order valence-corrected chi connectivity index (χ2v) is 8.16. The molecular formula is C31H21N3. The number of aromatic nitrogens is 3. The van der Waals surface area contributed by atoms with Gasteiger partial charge in [-0.05, 0) is 41.5 Å². The summed E-state index contributed by atoms with van der Waals surface area (Å²) in [6.07, 6.45) is 1.82. The third kappa shape index (κ3) is 3.84. The summed E-state index contributed by atoms with van der Waals surface area (Å²) in [6.45, 7) is 0. The summed E-state index contributed by atoms with van der Waals surface area (Å²) in [5.41, 5.74) is 8.25. The van der Waals surface area contributed by atoms with E-state index in [1.807, 2.05) is 60.8 Å². The van der Waals surface area contributed by atoms with Crippen LogP contribution in [0.15, 0.2) is 128 Å². The number of fused-ring (bicyclic) bond motifs is 1. The number of nitrogens with zero attached hydrogens (tertiary/aromatic N) is 3.